The average molecular weight is 257 g/mol. The summed E-state index contributed by atoms with van der Waals surface area (Å²) >= 11 is 0. The topological polar surface area (TPSA) is 102 Å². The highest BCUT2D eigenvalue weighted by atomic mass is 35.5. The highest BCUT2D eigenvalue weighted by Crippen LogP contribution is 2.18. The molecule has 0 aliphatic carbocycles. The van der Waals surface area contributed by atoms with E-state index in [1.807, 2.05) is 0 Å². The van der Waals surface area contributed by atoms with E-state index in [0.29, 0.717) is 24.3 Å². The van der Waals surface area contributed by atoms with E-state index in [0.717, 1.165) is 0 Å². The van der Waals surface area contributed by atoms with Gasteiger partial charge in [0.15, 0.2) is 0 Å². The second-order valence-electron chi connectivity index (χ2n) is 3.65. The normalized spacial score (nSPS) is 19.0. The number of anilines is 1. The molecule has 6 nitrogen and oxygen atoms in total. The largest absolute Gasteiger partial charge is 0.366 e. The first-order valence-electron chi connectivity index (χ1n) is 4.92. The molecule has 1 aromatic rings. The number of hydrogen-bond acceptors (Lipinski definition) is 4. The standard InChI is InChI=1S/C10H12N4O2.ClH/c11-7-3-4-14(10(7)16)8-2-1-6(5-13-8)9(12)15;/h1-2,5,7H,3-4,11H2,(H2,12,15);1H/t7-;/m0./s1. The van der Waals surface area contributed by atoms with Crippen LogP contribution in [0.2, 0.25) is 0 Å². The molecule has 2 rings (SSSR count). The molecule has 0 bridgehead atoms. The maximum atomic E-state index is 11.6. The minimum atomic E-state index is -0.538. The molecule has 92 valence electrons. The fourth-order valence-corrected chi connectivity index (χ4v) is 1.62. The summed E-state index contributed by atoms with van der Waals surface area (Å²) in [4.78, 5) is 28.0. The molecule has 1 fully saturated rings. The van der Waals surface area contributed by atoms with Gasteiger partial charge in [-0.25, -0.2) is 4.98 Å². The summed E-state index contributed by atoms with van der Waals surface area (Å²) in [5.74, 6) is -0.175. The number of primary amides is 1. The number of carbonyl (C=O) groups excluding carboxylic acids is 2. The van der Waals surface area contributed by atoms with Gasteiger partial charge in [-0.05, 0) is 18.6 Å². The molecule has 1 aliphatic heterocycles. The summed E-state index contributed by atoms with van der Waals surface area (Å²) < 4.78 is 0. The number of halogens is 1. The van der Waals surface area contributed by atoms with Crippen LogP contribution in [0.3, 0.4) is 0 Å². The lowest BCUT2D eigenvalue weighted by Gasteiger charge is -2.14. The summed E-state index contributed by atoms with van der Waals surface area (Å²) in [6, 6.07) is 2.69. The van der Waals surface area contributed by atoms with Gasteiger partial charge in [-0.2, -0.15) is 0 Å². The Morgan fingerprint density at radius 2 is 2.18 bits per heavy atom. The smallest absolute Gasteiger partial charge is 0.250 e. The lowest BCUT2D eigenvalue weighted by atomic mass is 10.2. The van der Waals surface area contributed by atoms with Crippen molar-refractivity contribution in [1.29, 1.82) is 0 Å². The van der Waals surface area contributed by atoms with Gasteiger partial charge in [0.25, 0.3) is 0 Å². The van der Waals surface area contributed by atoms with E-state index in [9.17, 15) is 9.59 Å². The Hall–Kier alpha value is -1.66. The number of nitrogens with two attached hydrogens (primary N) is 2. The molecule has 2 heterocycles. The predicted octanol–water partition coefficient (Wildman–Crippen LogP) is -0.334. The van der Waals surface area contributed by atoms with E-state index in [1.54, 1.807) is 12.1 Å². The minimum Gasteiger partial charge on any atom is -0.366 e. The lowest BCUT2D eigenvalue weighted by Crippen LogP contribution is -2.34. The van der Waals surface area contributed by atoms with Crippen molar-refractivity contribution in [2.75, 3.05) is 11.4 Å². The first-order chi connectivity index (χ1) is 7.59. The third-order valence-corrected chi connectivity index (χ3v) is 2.56. The van der Waals surface area contributed by atoms with Crippen molar-refractivity contribution in [2.24, 2.45) is 11.5 Å². The van der Waals surface area contributed by atoms with Crippen molar-refractivity contribution in [1.82, 2.24) is 4.98 Å². The zero-order valence-electron chi connectivity index (χ0n) is 9.00. The Balaban J connectivity index is 0.00000144. The molecule has 1 aliphatic rings. The first-order valence-corrected chi connectivity index (χ1v) is 4.92. The summed E-state index contributed by atoms with van der Waals surface area (Å²) in [7, 11) is 0. The fraction of sp³-hybridized carbons (Fsp3) is 0.300. The van der Waals surface area contributed by atoms with Crippen molar-refractivity contribution in [3.8, 4) is 0 Å². The van der Waals surface area contributed by atoms with Crippen LogP contribution in [0.25, 0.3) is 0 Å². The maximum Gasteiger partial charge on any atom is 0.250 e. The quantitative estimate of drug-likeness (QED) is 0.756. The van der Waals surface area contributed by atoms with E-state index >= 15 is 0 Å². The molecule has 0 unspecified atom stereocenters. The number of nitrogens with zero attached hydrogens (tertiary/aromatic N) is 2. The van der Waals surface area contributed by atoms with Crippen molar-refractivity contribution in [2.45, 2.75) is 12.5 Å². The number of aromatic nitrogens is 1. The third kappa shape index (κ3) is 2.54. The van der Waals surface area contributed by atoms with E-state index in [4.69, 9.17) is 11.5 Å². The molecule has 0 spiro atoms. The molecule has 0 aromatic carbocycles. The Morgan fingerprint density at radius 1 is 1.47 bits per heavy atom. The van der Waals surface area contributed by atoms with E-state index in [2.05, 4.69) is 4.98 Å². The van der Waals surface area contributed by atoms with Gasteiger partial charge >= 0.3 is 0 Å². The van der Waals surface area contributed by atoms with Crippen LogP contribution in [0.5, 0.6) is 0 Å². The van der Waals surface area contributed by atoms with Gasteiger partial charge in [-0.15, -0.1) is 12.4 Å². The van der Waals surface area contributed by atoms with Crippen LogP contribution in [0, 0.1) is 0 Å². The third-order valence-electron chi connectivity index (χ3n) is 2.56. The van der Waals surface area contributed by atoms with Crippen molar-refractivity contribution in [3.05, 3.63) is 23.9 Å². The second-order valence-corrected chi connectivity index (χ2v) is 3.65. The monoisotopic (exact) mass is 256 g/mol. The predicted molar refractivity (Wildman–Crippen MR) is 64.9 cm³/mol. The Bertz CT molecular complexity index is 434. The van der Waals surface area contributed by atoms with Gasteiger partial charge in [0.05, 0.1) is 11.6 Å². The van der Waals surface area contributed by atoms with Crippen LogP contribution < -0.4 is 16.4 Å². The summed E-state index contributed by atoms with van der Waals surface area (Å²) in [6.07, 6.45) is 1.98. The van der Waals surface area contributed by atoms with Crippen LogP contribution in [0.15, 0.2) is 18.3 Å². The van der Waals surface area contributed by atoms with Crippen molar-refractivity contribution >= 4 is 30.0 Å². The molecular weight excluding hydrogens is 244 g/mol. The number of amides is 2. The summed E-state index contributed by atoms with van der Waals surface area (Å²) in [6.45, 7) is 0.558. The average Bonchev–Trinajstić information content (AvgIpc) is 2.60. The lowest BCUT2D eigenvalue weighted by molar-refractivity contribution is -0.118. The molecule has 2 amide bonds. The summed E-state index contributed by atoms with van der Waals surface area (Å²) in [5, 5.41) is 0. The molecule has 1 aromatic heterocycles. The second kappa shape index (κ2) is 5.11. The number of pyridine rings is 1. The van der Waals surface area contributed by atoms with Crippen LogP contribution in [-0.2, 0) is 4.79 Å². The highest BCUT2D eigenvalue weighted by molar-refractivity contribution is 5.99. The Kier molecular flexibility index (Phi) is 4.03. The zero-order chi connectivity index (χ0) is 11.7. The van der Waals surface area contributed by atoms with Crippen LogP contribution in [-0.4, -0.2) is 29.4 Å². The molecule has 1 atom stereocenters. The minimum absolute atomic E-state index is 0. The van der Waals surface area contributed by atoms with E-state index in [1.165, 1.54) is 11.1 Å². The number of carbonyl (C=O) groups is 2. The SMILES string of the molecule is Cl.NC(=O)c1ccc(N2CC[C@H](N)C2=O)nc1. The van der Waals surface area contributed by atoms with Gasteiger partial charge in [0.1, 0.15) is 5.82 Å². The Labute approximate surface area is 104 Å². The van der Waals surface area contributed by atoms with Gasteiger partial charge in [-0.3, -0.25) is 14.5 Å². The Morgan fingerprint density at radius 3 is 2.59 bits per heavy atom. The zero-order valence-corrected chi connectivity index (χ0v) is 9.81. The first kappa shape index (κ1) is 13.4. The molecule has 1 saturated heterocycles. The van der Waals surface area contributed by atoms with Crippen LogP contribution >= 0.6 is 12.4 Å². The number of hydrogen-bond donors (Lipinski definition) is 2. The molecular formula is C10H13ClN4O2. The van der Waals surface area contributed by atoms with Crippen molar-refractivity contribution in [3.63, 3.8) is 0 Å². The highest BCUT2D eigenvalue weighted by Gasteiger charge is 2.30. The van der Waals surface area contributed by atoms with E-state index in [-0.39, 0.29) is 18.3 Å². The molecule has 7 heteroatoms. The number of rotatable bonds is 2. The molecule has 17 heavy (non-hydrogen) atoms. The van der Waals surface area contributed by atoms with Crippen LogP contribution in [0.1, 0.15) is 16.8 Å². The summed E-state index contributed by atoms with van der Waals surface area (Å²) in [5.41, 5.74) is 11.0. The molecule has 4 N–H and O–H groups in total. The van der Waals surface area contributed by atoms with Gasteiger partial charge < -0.3 is 11.5 Å². The van der Waals surface area contributed by atoms with Gasteiger partial charge in [-0.1, -0.05) is 0 Å². The molecule has 0 saturated carbocycles. The molecule has 0 radical (unpaired) electrons. The fourth-order valence-electron chi connectivity index (χ4n) is 1.62. The van der Waals surface area contributed by atoms with Crippen LogP contribution in [0.4, 0.5) is 5.82 Å². The van der Waals surface area contributed by atoms with Gasteiger partial charge in [0, 0.05) is 12.7 Å². The van der Waals surface area contributed by atoms with Gasteiger partial charge in [0.2, 0.25) is 11.8 Å². The van der Waals surface area contributed by atoms with Crippen molar-refractivity contribution < 1.29 is 9.59 Å². The maximum absolute atomic E-state index is 11.6. The van der Waals surface area contributed by atoms with E-state index < -0.39 is 11.9 Å².